The molecule has 1 aromatic heterocycles. The van der Waals surface area contributed by atoms with Gasteiger partial charge in [-0.2, -0.15) is 0 Å². The van der Waals surface area contributed by atoms with Crippen molar-refractivity contribution >= 4 is 27.8 Å². The van der Waals surface area contributed by atoms with E-state index >= 15 is 0 Å². The molecule has 1 heterocycles. The van der Waals surface area contributed by atoms with E-state index in [1.54, 1.807) is 6.21 Å². The molecule has 0 amide bonds. The fraction of sp³-hybridized carbons (Fsp3) is 0.227. The summed E-state index contributed by atoms with van der Waals surface area (Å²) in [6.45, 7) is 6.52. The molecule has 1 atom stereocenters. The highest BCUT2D eigenvalue weighted by Crippen LogP contribution is 2.30. The van der Waals surface area contributed by atoms with Gasteiger partial charge in [-0.1, -0.05) is 48.0 Å². The van der Waals surface area contributed by atoms with Gasteiger partial charge in [0.2, 0.25) is 0 Å². The Kier molecular flexibility index (Phi) is 5.54. The number of aliphatic imine (C=N–C) groups is 1. The van der Waals surface area contributed by atoms with Crippen LogP contribution in [-0.2, 0) is 0 Å². The summed E-state index contributed by atoms with van der Waals surface area (Å²) in [5.74, 6) is 2.16. The van der Waals surface area contributed by atoms with E-state index in [2.05, 4.69) is 84.2 Å². The van der Waals surface area contributed by atoms with Crippen LogP contribution >= 0.6 is 15.9 Å². The van der Waals surface area contributed by atoms with E-state index in [0.717, 1.165) is 33.7 Å². The Morgan fingerprint density at radius 3 is 2.52 bits per heavy atom. The molecule has 0 aliphatic rings. The highest BCUT2D eigenvalue weighted by atomic mass is 79.9. The van der Waals surface area contributed by atoms with Crippen LogP contribution in [0.4, 0.5) is 5.69 Å². The molecule has 0 bridgehead atoms. The predicted octanol–water partition coefficient (Wildman–Crippen LogP) is 7.28. The molecular weight excluding hydrogens is 374 g/mol. The minimum Gasteiger partial charge on any atom is -0.455 e. The molecule has 2 aromatic carbocycles. The molecule has 0 spiro atoms. The Morgan fingerprint density at radius 2 is 1.84 bits per heavy atom. The van der Waals surface area contributed by atoms with Crippen molar-refractivity contribution in [2.45, 2.75) is 33.1 Å². The lowest BCUT2D eigenvalue weighted by atomic mass is 9.99. The average Bonchev–Trinajstić information content (AvgIpc) is 3.08. The lowest BCUT2D eigenvalue weighted by Gasteiger charge is -2.08. The molecule has 0 saturated carbocycles. The van der Waals surface area contributed by atoms with Crippen molar-refractivity contribution in [3.63, 3.8) is 0 Å². The Bertz CT molecular complexity index is 877. The standard InChI is InChI=1S/C22H22BrNO/c1-4-16(3)17-6-8-18(9-7-17)24-14-19-10-12-22(25-19)20-11-5-15(2)13-21(20)23/h5-14,16H,4H2,1-3H3/t16-/m1/s1. The van der Waals surface area contributed by atoms with Gasteiger partial charge in [0.05, 0.1) is 11.9 Å². The minimum atomic E-state index is 0.582. The molecule has 0 aliphatic heterocycles. The Morgan fingerprint density at radius 1 is 1.08 bits per heavy atom. The smallest absolute Gasteiger partial charge is 0.145 e. The summed E-state index contributed by atoms with van der Waals surface area (Å²) in [7, 11) is 0. The minimum absolute atomic E-state index is 0.582. The fourth-order valence-corrected chi connectivity index (χ4v) is 3.34. The van der Waals surface area contributed by atoms with Crippen LogP contribution in [0.3, 0.4) is 0 Å². The first-order valence-corrected chi connectivity index (χ1v) is 9.36. The lowest BCUT2D eigenvalue weighted by molar-refractivity contribution is 0.575. The maximum Gasteiger partial charge on any atom is 0.145 e. The summed E-state index contributed by atoms with van der Waals surface area (Å²) >= 11 is 3.60. The molecule has 0 aliphatic carbocycles. The van der Waals surface area contributed by atoms with E-state index in [4.69, 9.17) is 4.42 Å². The Hall–Kier alpha value is -2.13. The van der Waals surface area contributed by atoms with Gasteiger partial charge in [0.15, 0.2) is 0 Å². The van der Waals surface area contributed by atoms with Gasteiger partial charge in [-0.25, -0.2) is 0 Å². The molecule has 2 nitrogen and oxygen atoms in total. The monoisotopic (exact) mass is 395 g/mol. The summed E-state index contributed by atoms with van der Waals surface area (Å²) in [5.41, 5.74) is 4.54. The summed E-state index contributed by atoms with van der Waals surface area (Å²) in [6.07, 6.45) is 2.91. The quantitative estimate of drug-likeness (QED) is 0.416. The third kappa shape index (κ3) is 4.29. The van der Waals surface area contributed by atoms with Gasteiger partial charge >= 0.3 is 0 Å². The third-order valence-corrected chi connectivity index (χ3v) is 5.09. The molecule has 0 radical (unpaired) electrons. The molecule has 3 aromatic rings. The van der Waals surface area contributed by atoms with Crippen molar-refractivity contribution in [1.82, 2.24) is 0 Å². The second-order valence-electron chi connectivity index (χ2n) is 6.34. The molecule has 128 valence electrons. The number of hydrogen-bond acceptors (Lipinski definition) is 2. The van der Waals surface area contributed by atoms with Crippen LogP contribution in [0.15, 0.2) is 68.5 Å². The summed E-state index contributed by atoms with van der Waals surface area (Å²) in [4.78, 5) is 4.52. The molecular formula is C22H22BrNO. The zero-order valence-electron chi connectivity index (χ0n) is 14.8. The summed E-state index contributed by atoms with van der Waals surface area (Å²) in [5, 5.41) is 0. The Labute approximate surface area is 157 Å². The molecule has 0 saturated heterocycles. The van der Waals surface area contributed by atoms with Crippen molar-refractivity contribution in [3.05, 3.63) is 76.0 Å². The van der Waals surface area contributed by atoms with Gasteiger partial charge in [-0.05, 0) is 66.8 Å². The van der Waals surface area contributed by atoms with E-state index in [1.807, 2.05) is 12.1 Å². The SMILES string of the molecule is CC[C@@H](C)c1ccc(N=Cc2ccc(-c3ccc(C)cc3Br)o2)cc1. The van der Waals surface area contributed by atoms with Crippen molar-refractivity contribution < 1.29 is 4.42 Å². The second-order valence-corrected chi connectivity index (χ2v) is 7.20. The molecule has 3 rings (SSSR count). The van der Waals surface area contributed by atoms with Crippen molar-refractivity contribution in [3.8, 4) is 11.3 Å². The molecule has 0 unspecified atom stereocenters. The van der Waals surface area contributed by atoms with Crippen molar-refractivity contribution in [1.29, 1.82) is 0 Å². The van der Waals surface area contributed by atoms with Crippen molar-refractivity contribution in [2.24, 2.45) is 4.99 Å². The van der Waals surface area contributed by atoms with Crippen molar-refractivity contribution in [2.75, 3.05) is 0 Å². The first kappa shape index (κ1) is 17.7. The van der Waals surface area contributed by atoms with Gasteiger partial charge in [0.1, 0.15) is 11.5 Å². The van der Waals surface area contributed by atoms with Crippen LogP contribution in [-0.4, -0.2) is 6.21 Å². The van der Waals surface area contributed by atoms with Crippen LogP contribution in [0, 0.1) is 6.92 Å². The maximum absolute atomic E-state index is 5.91. The molecule has 3 heteroatoms. The summed E-state index contributed by atoms with van der Waals surface area (Å²) in [6, 6.07) is 18.6. The third-order valence-electron chi connectivity index (χ3n) is 4.43. The number of aryl methyl sites for hydroxylation is 1. The maximum atomic E-state index is 5.91. The van der Waals surface area contributed by atoms with Gasteiger partial charge < -0.3 is 4.42 Å². The molecule has 0 N–H and O–H groups in total. The Balaban J connectivity index is 1.75. The van der Waals surface area contributed by atoms with Gasteiger partial charge in [-0.15, -0.1) is 0 Å². The van der Waals surface area contributed by atoms with Crippen LogP contribution < -0.4 is 0 Å². The van der Waals surface area contributed by atoms with E-state index < -0.39 is 0 Å². The number of rotatable bonds is 5. The van der Waals surface area contributed by atoms with E-state index in [0.29, 0.717) is 5.92 Å². The zero-order valence-corrected chi connectivity index (χ0v) is 16.4. The van der Waals surface area contributed by atoms with Gasteiger partial charge in [-0.3, -0.25) is 4.99 Å². The first-order chi connectivity index (χ1) is 12.1. The molecule has 25 heavy (non-hydrogen) atoms. The lowest BCUT2D eigenvalue weighted by Crippen LogP contribution is -1.89. The normalized spacial score (nSPS) is 12.6. The van der Waals surface area contributed by atoms with E-state index in [-0.39, 0.29) is 0 Å². The largest absolute Gasteiger partial charge is 0.455 e. The van der Waals surface area contributed by atoms with E-state index in [1.165, 1.54) is 11.1 Å². The zero-order chi connectivity index (χ0) is 17.8. The number of halogens is 1. The van der Waals surface area contributed by atoms with Crippen LogP contribution in [0.5, 0.6) is 0 Å². The predicted molar refractivity (Wildman–Crippen MR) is 109 cm³/mol. The molecule has 0 fully saturated rings. The van der Waals surface area contributed by atoms with Crippen LogP contribution in [0.2, 0.25) is 0 Å². The average molecular weight is 396 g/mol. The first-order valence-electron chi connectivity index (χ1n) is 8.57. The summed E-state index contributed by atoms with van der Waals surface area (Å²) < 4.78 is 6.95. The number of benzene rings is 2. The van der Waals surface area contributed by atoms with Gasteiger partial charge in [0, 0.05) is 10.0 Å². The second kappa shape index (κ2) is 7.83. The number of hydrogen-bond donors (Lipinski definition) is 0. The number of nitrogens with zero attached hydrogens (tertiary/aromatic N) is 1. The van der Waals surface area contributed by atoms with E-state index in [9.17, 15) is 0 Å². The topological polar surface area (TPSA) is 25.5 Å². The van der Waals surface area contributed by atoms with Gasteiger partial charge in [0.25, 0.3) is 0 Å². The highest BCUT2D eigenvalue weighted by molar-refractivity contribution is 9.10. The number of furan rings is 1. The fourth-order valence-electron chi connectivity index (χ4n) is 2.65. The van der Waals surface area contributed by atoms with Crippen LogP contribution in [0.1, 0.15) is 43.1 Å². The van der Waals surface area contributed by atoms with Crippen LogP contribution in [0.25, 0.3) is 11.3 Å². The highest BCUT2D eigenvalue weighted by Gasteiger charge is 2.08.